The van der Waals surface area contributed by atoms with Crippen molar-refractivity contribution in [3.8, 4) is 0 Å². The monoisotopic (exact) mass is 419 g/mol. The number of allylic oxidation sites excluding steroid dienone is 2. The topological polar surface area (TPSA) is 0 Å². The molecule has 0 spiro atoms. The average molecular weight is 420 g/mol. The van der Waals surface area contributed by atoms with Crippen molar-refractivity contribution in [2.75, 3.05) is 0 Å². The van der Waals surface area contributed by atoms with Gasteiger partial charge in [0.1, 0.15) is 0 Å². The normalized spacial score (nSPS) is 11.7. The lowest BCUT2D eigenvalue weighted by molar-refractivity contribution is 0.528. The predicted octanol–water partition coefficient (Wildman–Crippen LogP) is 11.5. The van der Waals surface area contributed by atoms with E-state index in [1.807, 2.05) is 0 Å². The summed E-state index contributed by atoms with van der Waals surface area (Å²) < 4.78 is 0. The van der Waals surface area contributed by atoms with E-state index in [1.165, 1.54) is 161 Å². The largest absolute Gasteiger partial charge is 0.0885 e. The third kappa shape index (κ3) is 27.7. The second kappa shape index (κ2) is 28.7. The van der Waals surface area contributed by atoms with Crippen LogP contribution in [0, 0.1) is 6.92 Å². The van der Waals surface area contributed by atoms with E-state index in [1.54, 1.807) is 0 Å². The smallest absolute Gasteiger partial charge is 0.0351 e. The number of unbranched alkanes of at least 4 members (excludes halogenated alkanes) is 24. The molecule has 0 saturated heterocycles. The fraction of sp³-hybridized carbons (Fsp3) is 0.900. The summed E-state index contributed by atoms with van der Waals surface area (Å²) in [5.74, 6) is 0. The van der Waals surface area contributed by atoms with Crippen LogP contribution in [0.2, 0.25) is 0 Å². The molecule has 0 saturated carbocycles. The molecule has 0 aliphatic heterocycles. The minimum atomic E-state index is 1.12. The first-order valence-corrected chi connectivity index (χ1v) is 14.4. The molecule has 0 N–H and O–H groups in total. The van der Waals surface area contributed by atoms with Gasteiger partial charge in [-0.1, -0.05) is 167 Å². The van der Waals surface area contributed by atoms with Gasteiger partial charge in [0.25, 0.3) is 0 Å². The van der Waals surface area contributed by atoms with Crippen molar-refractivity contribution < 1.29 is 0 Å². The summed E-state index contributed by atoms with van der Waals surface area (Å²) >= 11 is 0. The summed E-state index contributed by atoms with van der Waals surface area (Å²) in [4.78, 5) is 0. The molecule has 0 bridgehead atoms. The lowest BCUT2D eigenvalue weighted by atomic mass is 10.0. The molecule has 0 atom stereocenters. The molecule has 0 amide bonds. The zero-order valence-electron chi connectivity index (χ0n) is 21.2. The molecule has 1 radical (unpaired) electrons. The van der Waals surface area contributed by atoms with E-state index in [2.05, 4.69) is 26.0 Å². The Labute approximate surface area is 193 Å². The Kier molecular flexibility index (Phi) is 28.5. The minimum Gasteiger partial charge on any atom is -0.0885 e. The van der Waals surface area contributed by atoms with Gasteiger partial charge in [0.15, 0.2) is 0 Å². The molecule has 0 nitrogen and oxygen atoms in total. The third-order valence-electron chi connectivity index (χ3n) is 6.51. The first-order valence-electron chi connectivity index (χ1n) is 14.4. The van der Waals surface area contributed by atoms with Gasteiger partial charge in [-0.25, -0.2) is 0 Å². The summed E-state index contributed by atoms with van der Waals surface area (Å²) in [6.07, 6.45) is 41.8. The average Bonchev–Trinajstić information content (AvgIpc) is 2.76. The Balaban J connectivity index is 3.04. The van der Waals surface area contributed by atoms with Crippen LogP contribution < -0.4 is 0 Å². The van der Waals surface area contributed by atoms with Crippen molar-refractivity contribution in [3.05, 3.63) is 19.1 Å². The summed E-state index contributed by atoms with van der Waals surface area (Å²) in [6, 6.07) is 0. The highest BCUT2D eigenvalue weighted by molar-refractivity contribution is 4.81. The fourth-order valence-corrected chi connectivity index (χ4v) is 4.37. The van der Waals surface area contributed by atoms with Gasteiger partial charge in [-0.3, -0.25) is 0 Å². The van der Waals surface area contributed by atoms with E-state index in [0.29, 0.717) is 0 Å². The quantitative estimate of drug-likeness (QED) is 0.0965. The molecule has 0 aromatic carbocycles. The Bertz CT molecular complexity index is 303. The molecular formula is C30H59. The Morgan fingerprint density at radius 3 is 0.933 bits per heavy atom. The maximum absolute atomic E-state index is 3.92. The van der Waals surface area contributed by atoms with Crippen LogP contribution in [0.15, 0.2) is 12.2 Å². The molecule has 0 aromatic heterocycles. The van der Waals surface area contributed by atoms with Crippen LogP contribution in [0.4, 0.5) is 0 Å². The van der Waals surface area contributed by atoms with E-state index in [4.69, 9.17) is 0 Å². The maximum atomic E-state index is 3.92. The zero-order chi connectivity index (χ0) is 21.8. The van der Waals surface area contributed by atoms with Crippen LogP contribution in [0.1, 0.15) is 174 Å². The number of hydrogen-bond donors (Lipinski definition) is 0. The lowest BCUT2D eigenvalue weighted by Gasteiger charge is -2.03. The molecule has 0 rings (SSSR count). The molecule has 0 fully saturated rings. The van der Waals surface area contributed by atoms with Crippen LogP contribution in [0.3, 0.4) is 0 Å². The highest BCUT2D eigenvalue weighted by atomic mass is 14.0. The summed E-state index contributed by atoms with van der Waals surface area (Å²) in [5.41, 5.74) is 0. The van der Waals surface area contributed by atoms with Gasteiger partial charge in [0.2, 0.25) is 0 Å². The molecule has 0 aliphatic rings. The van der Waals surface area contributed by atoms with Gasteiger partial charge < -0.3 is 0 Å². The minimum absolute atomic E-state index is 1.12. The predicted molar refractivity (Wildman–Crippen MR) is 140 cm³/mol. The van der Waals surface area contributed by atoms with E-state index < -0.39 is 0 Å². The zero-order valence-corrected chi connectivity index (χ0v) is 21.2. The molecule has 0 heterocycles. The SMILES string of the molecule is [CH2]CCCCCCCCCCCCCCCCCC/C=C/CCCCCCCCC. The van der Waals surface area contributed by atoms with Gasteiger partial charge in [-0.2, -0.15) is 0 Å². The van der Waals surface area contributed by atoms with Gasteiger partial charge in [-0.15, -0.1) is 0 Å². The van der Waals surface area contributed by atoms with E-state index in [-0.39, 0.29) is 0 Å². The molecule has 0 heteroatoms. The van der Waals surface area contributed by atoms with Gasteiger partial charge in [0, 0.05) is 0 Å². The van der Waals surface area contributed by atoms with Crippen LogP contribution in [-0.2, 0) is 0 Å². The summed E-state index contributed by atoms with van der Waals surface area (Å²) in [7, 11) is 0. The van der Waals surface area contributed by atoms with Crippen molar-refractivity contribution in [1.29, 1.82) is 0 Å². The standard InChI is InChI=1S/C30H59/c1-3-5-7-9-11-13-15-17-19-21-23-25-27-29-30-28-26-24-22-20-18-16-14-12-10-8-6-4-2/h20,22H,1,3-19,21,23-30H2,2H3/b22-20+. The van der Waals surface area contributed by atoms with E-state index in [9.17, 15) is 0 Å². The number of hydrogen-bond acceptors (Lipinski definition) is 0. The van der Waals surface area contributed by atoms with Crippen molar-refractivity contribution in [1.82, 2.24) is 0 Å². The molecule has 179 valence electrons. The maximum Gasteiger partial charge on any atom is -0.0351 e. The highest BCUT2D eigenvalue weighted by Crippen LogP contribution is 2.14. The highest BCUT2D eigenvalue weighted by Gasteiger charge is 1.95. The second-order valence-corrected chi connectivity index (χ2v) is 9.68. The second-order valence-electron chi connectivity index (χ2n) is 9.68. The van der Waals surface area contributed by atoms with E-state index >= 15 is 0 Å². The molecule has 30 heavy (non-hydrogen) atoms. The van der Waals surface area contributed by atoms with Crippen LogP contribution in [0.5, 0.6) is 0 Å². The molecular weight excluding hydrogens is 360 g/mol. The number of rotatable bonds is 26. The van der Waals surface area contributed by atoms with Crippen LogP contribution >= 0.6 is 0 Å². The fourth-order valence-electron chi connectivity index (χ4n) is 4.37. The van der Waals surface area contributed by atoms with Gasteiger partial charge in [0.05, 0.1) is 0 Å². The lowest BCUT2D eigenvalue weighted by Crippen LogP contribution is -1.83. The van der Waals surface area contributed by atoms with Gasteiger partial charge >= 0.3 is 0 Å². The first-order chi connectivity index (χ1) is 14.9. The molecule has 0 aromatic rings. The molecule has 0 unspecified atom stereocenters. The Morgan fingerprint density at radius 1 is 0.367 bits per heavy atom. The van der Waals surface area contributed by atoms with E-state index in [0.717, 1.165) is 6.42 Å². The van der Waals surface area contributed by atoms with Crippen molar-refractivity contribution in [3.63, 3.8) is 0 Å². The Morgan fingerprint density at radius 2 is 0.633 bits per heavy atom. The summed E-state index contributed by atoms with van der Waals surface area (Å²) in [6.45, 7) is 6.21. The Hall–Kier alpha value is -0.260. The first kappa shape index (κ1) is 29.7. The van der Waals surface area contributed by atoms with Crippen molar-refractivity contribution >= 4 is 0 Å². The summed E-state index contributed by atoms with van der Waals surface area (Å²) in [5, 5.41) is 0. The van der Waals surface area contributed by atoms with Crippen LogP contribution in [0.25, 0.3) is 0 Å². The van der Waals surface area contributed by atoms with Crippen LogP contribution in [-0.4, -0.2) is 0 Å². The van der Waals surface area contributed by atoms with Gasteiger partial charge in [-0.05, 0) is 25.7 Å². The molecule has 0 aliphatic carbocycles. The third-order valence-corrected chi connectivity index (χ3v) is 6.51. The van der Waals surface area contributed by atoms with Crippen molar-refractivity contribution in [2.24, 2.45) is 0 Å². The van der Waals surface area contributed by atoms with Crippen molar-refractivity contribution in [2.45, 2.75) is 174 Å².